The van der Waals surface area contributed by atoms with Crippen LogP contribution in [0.1, 0.15) is 17.0 Å². The summed E-state index contributed by atoms with van der Waals surface area (Å²) in [6.45, 7) is 5.64. The molecular formula is C9H16N3O3Si. The van der Waals surface area contributed by atoms with Gasteiger partial charge in [-0.25, -0.2) is 9.78 Å². The smallest absolute Gasteiger partial charge is 0.371 e. The Morgan fingerprint density at radius 2 is 2.44 bits per heavy atom. The second kappa shape index (κ2) is 6.29. The third-order valence-electron chi connectivity index (χ3n) is 1.81. The van der Waals surface area contributed by atoms with Crippen molar-refractivity contribution in [1.29, 1.82) is 0 Å². The van der Waals surface area contributed by atoms with Crippen molar-refractivity contribution in [2.75, 3.05) is 18.5 Å². The molecule has 16 heavy (non-hydrogen) atoms. The number of imidazole rings is 1. The number of carboxylic acid groups (broad SMARTS) is 1. The molecule has 3 N–H and O–H groups in total. The van der Waals surface area contributed by atoms with Gasteiger partial charge in [-0.2, -0.15) is 0 Å². The van der Waals surface area contributed by atoms with Crippen LogP contribution in [0.5, 0.6) is 0 Å². The van der Waals surface area contributed by atoms with E-state index >= 15 is 0 Å². The lowest BCUT2D eigenvalue weighted by atomic mass is 10.4. The molecular weight excluding hydrogens is 226 g/mol. The fourth-order valence-corrected chi connectivity index (χ4v) is 1.64. The highest BCUT2D eigenvalue weighted by Gasteiger charge is 2.06. The number of carboxylic acids is 1. The number of rotatable bonds is 7. The minimum absolute atomic E-state index is 0.0497. The van der Waals surface area contributed by atoms with Crippen molar-refractivity contribution in [2.24, 2.45) is 0 Å². The molecule has 0 aliphatic carbocycles. The lowest BCUT2D eigenvalue weighted by Crippen LogP contribution is -2.12. The average Bonchev–Trinajstić information content (AvgIpc) is 2.65. The molecule has 0 saturated carbocycles. The lowest BCUT2D eigenvalue weighted by Gasteiger charge is -2.06. The Kier molecular flexibility index (Phi) is 5.00. The summed E-state index contributed by atoms with van der Waals surface area (Å²) in [5, 5.41) is 11.7. The maximum absolute atomic E-state index is 10.5. The van der Waals surface area contributed by atoms with Crippen molar-refractivity contribution >= 4 is 20.8 Å². The van der Waals surface area contributed by atoms with E-state index < -0.39 is 15.0 Å². The number of hydrogen-bond donors (Lipinski definition) is 3. The van der Waals surface area contributed by atoms with Crippen LogP contribution in [0, 0.1) is 0 Å². The summed E-state index contributed by atoms with van der Waals surface area (Å²) in [6.07, 6.45) is 2.36. The summed E-state index contributed by atoms with van der Waals surface area (Å²) in [6, 6.07) is 0. The molecule has 1 radical (unpaired) electrons. The zero-order valence-corrected chi connectivity index (χ0v) is 10.4. The fourth-order valence-electron chi connectivity index (χ4n) is 1.09. The monoisotopic (exact) mass is 242 g/mol. The van der Waals surface area contributed by atoms with E-state index in [2.05, 4.69) is 28.4 Å². The molecule has 0 atom stereocenters. The molecule has 1 rings (SSSR count). The van der Waals surface area contributed by atoms with E-state index in [4.69, 9.17) is 9.53 Å². The number of aromatic nitrogens is 2. The molecule has 0 saturated heterocycles. The van der Waals surface area contributed by atoms with E-state index in [0.717, 1.165) is 19.6 Å². The quantitative estimate of drug-likeness (QED) is 0.493. The summed E-state index contributed by atoms with van der Waals surface area (Å²) in [4.78, 5) is 16.9. The van der Waals surface area contributed by atoms with E-state index in [1.807, 2.05) is 0 Å². The van der Waals surface area contributed by atoms with Crippen LogP contribution in [0.4, 0.5) is 5.82 Å². The van der Waals surface area contributed by atoms with E-state index in [1.165, 1.54) is 6.20 Å². The first-order chi connectivity index (χ1) is 7.59. The van der Waals surface area contributed by atoms with Crippen molar-refractivity contribution in [3.05, 3.63) is 12.0 Å². The van der Waals surface area contributed by atoms with Crippen molar-refractivity contribution < 1.29 is 14.3 Å². The van der Waals surface area contributed by atoms with Crippen LogP contribution >= 0.6 is 0 Å². The third-order valence-corrected chi connectivity index (χ3v) is 2.59. The first kappa shape index (κ1) is 12.7. The van der Waals surface area contributed by atoms with Crippen LogP contribution in [0.3, 0.4) is 0 Å². The van der Waals surface area contributed by atoms with Crippen LogP contribution in [0.15, 0.2) is 6.20 Å². The number of anilines is 1. The maximum Gasteiger partial charge on any atom is 0.371 e. The van der Waals surface area contributed by atoms with Crippen LogP contribution in [0.25, 0.3) is 0 Å². The lowest BCUT2D eigenvalue weighted by molar-refractivity contribution is 0.0685. The first-order valence-corrected chi connectivity index (χ1v) is 7.45. The molecule has 1 aromatic rings. The number of aromatic carboxylic acids is 1. The summed E-state index contributed by atoms with van der Waals surface area (Å²) in [7, 11) is -0.612. The number of H-pyrrole nitrogens is 1. The van der Waals surface area contributed by atoms with Gasteiger partial charge >= 0.3 is 5.97 Å². The molecule has 0 fully saturated rings. The minimum atomic E-state index is -1.06. The molecule has 0 spiro atoms. The molecule has 0 bridgehead atoms. The van der Waals surface area contributed by atoms with Crippen molar-refractivity contribution in [3.63, 3.8) is 0 Å². The number of aromatic amines is 1. The van der Waals surface area contributed by atoms with Crippen LogP contribution in [0.2, 0.25) is 13.1 Å². The molecule has 0 aromatic carbocycles. The van der Waals surface area contributed by atoms with Gasteiger partial charge in [0.25, 0.3) is 0 Å². The van der Waals surface area contributed by atoms with Gasteiger partial charge in [0.1, 0.15) is 5.82 Å². The number of carbonyl (C=O) groups is 1. The van der Waals surface area contributed by atoms with Gasteiger partial charge in [-0.15, -0.1) is 0 Å². The summed E-state index contributed by atoms with van der Waals surface area (Å²) in [5.41, 5.74) is 0. The minimum Gasteiger partial charge on any atom is -0.475 e. The highest BCUT2D eigenvalue weighted by atomic mass is 28.3. The largest absolute Gasteiger partial charge is 0.475 e. The molecule has 0 aliphatic rings. The molecule has 0 unspecified atom stereocenters. The predicted molar refractivity (Wildman–Crippen MR) is 62.1 cm³/mol. The van der Waals surface area contributed by atoms with Gasteiger partial charge in [0, 0.05) is 13.2 Å². The Hall–Kier alpha value is -1.34. The Bertz CT molecular complexity index is 340. The van der Waals surface area contributed by atoms with Crippen LogP contribution in [-0.2, 0) is 4.43 Å². The highest BCUT2D eigenvalue weighted by Crippen LogP contribution is 2.03. The Balaban J connectivity index is 2.19. The molecule has 89 valence electrons. The molecule has 7 heteroatoms. The number of nitrogens with one attached hydrogen (secondary N) is 2. The van der Waals surface area contributed by atoms with Gasteiger partial charge in [-0.05, 0) is 19.5 Å². The summed E-state index contributed by atoms with van der Waals surface area (Å²) < 4.78 is 5.47. The van der Waals surface area contributed by atoms with Crippen molar-refractivity contribution in [1.82, 2.24) is 9.97 Å². The van der Waals surface area contributed by atoms with Gasteiger partial charge in [0.15, 0.2) is 0 Å². The van der Waals surface area contributed by atoms with Crippen LogP contribution in [-0.4, -0.2) is 43.2 Å². The van der Waals surface area contributed by atoms with Gasteiger partial charge in [0.2, 0.25) is 14.9 Å². The standard InChI is InChI=1S/C9H16N3O3Si/c1-16(2)15-5-3-4-10-7-6-11-8(12-7)9(13)14/h6,10H,3-5H2,1-2H3,(H,11,12)(H,13,14). The average molecular weight is 242 g/mol. The van der Waals surface area contributed by atoms with E-state index in [1.54, 1.807) is 0 Å². The summed E-state index contributed by atoms with van der Waals surface area (Å²) >= 11 is 0. The highest BCUT2D eigenvalue weighted by molar-refractivity contribution is 6.48. The number of hydrogen-bond acceptors (Lipinski definition) is 4. The SMILES string of the molecule is C[Si](C)OCCCNc1cnc(C(=O)O)[nH]1. The fraction of sp³-hybridized carbons (Fsp3) is 0.556. The molecule has 0 aliphatic heterocycles. The Labute approximate surface area is 95.8 Å². The topological polar surface area (TPSA) is 87.2 Å². The van der Waals surface area contributed by atoms with Gasteiger partial charge < -0.3 is 19.8 Å². The van der Waals surface area contributed by atoms with Gasteiger partial charge in [-0.3, -0.25) is 0 Å². The van der Waals surface area contributed by atoms with E-state index in [9.17, 15) is 4.79 Å². The Morgan fingerprint density at radius 3 is 3.00 bits per heavy atom. The predicted octanol–water partition coefficient (Wildman–Crippen LogP) is 1.18. The van der Waals surface area contributed by atoms with Crippen LogP contribution < -0.4 is 5.32 Å². The molecule has 6 nitrogen and oxygen atoms in total. The zero-order chi connectivity index (χ0) is 12.0. The molecule has 1 aromatic heterocycles. The van der Waals surface area contributed by atoms with E-state index in [-0.39, 0.29) is 5.82 Å². The van der Waals surface area contributed by atoms with E-state index in [0.29, 0.717) is 5.82 Å². The molecule has 0 amide bonds. The first-order valence-electron chi connectivity index (χ1n) is 5.04. The van der Waals surface area contributed by atoms with Gasteiger partial charge in [-0.1, -0.05) is 0 Å². The van der Waals surface area contributed by atoms with Crippen molar-refractivity contribution in [3.8, 4) is 0 Å². The molecule has 1 heterocycles. The second-order valence-electron chi connectivity index (χ2n) is 3.49. The second-order valence-corrected chi connectivity index (χ2v) is 5.59. The third kappa shape index (κ3) is 4.45. The zero-order valence-electron chi connectivity index (χ0n) is 9.41. The normalized spacial score (nSPS) is 10.7. The Morgan fingerprint density at radius 1 is 1.69 bits per heavy atom. The number of nitrogens with zero attached hydrogens (tertiary/aromatic N) is 1. The van der Waals surface area contributed by atoms with Gasteiger partial charge in [0.05, 0.1) is 6.20 Å². The van der Waals surface area contributed by atoms with Crippen molar-refractivity contribution in [2.45, 2.75) is 19.5 Å². The maximum atomic E-state index is 10.5. The summed E-state index contributed by atoms with van der Waals surface area (Å²) in [5.74, 6) is -0.483.